The zero-order chi connectivity index (χ0) is 20.8. The number of amides is 1. The molecule has 2 aliphatic rings. The smallest absolute Gasteiger partial charge is 0.237 e. The Hall–Kier alpha value is -1.92. The lowest BCUT2D eigenvalue weighted by atomic mass is 9.89. The Balaban J connectivity index is 1.45. The van der Waals surface area contributed by atoms with Crippen LogP contribution in [-0.2, 0) is 24.1 Å². The summed E-state index contributed by atoms with van der Waals surface area (Å²) < 4.78 is 0. The van der Waals surface area contributed by atoms with Crippen LogP contribution in [0.4, 0.5) is 5.69 Å². The molecular weight excluding hydrogens is 410 g/mol. The first-order valence-electron chi connectivity index (χ1n) is 10.8. The first-order valence-corrected chi connectivity index (χ1v) is 12.6. The minimum atomic E-state index is 0.167. The number of anilines is 1. The Morgan fingerprint density at radius 3 is 2.93 bits per heavy atom. The maximum absolute atomic E-state index is 13.1. The van der Waals surface area contributed by atoms with Crippen molar-refractivity contribution in [1.82, 2.24) is 9.97 Å². The monoisotopic (exact) mass is 437 g/mol. The van der Waals surface area contributed by atoms with Gasteiger partial charge in [0.2, 0.25) is 5.91 Å². The van der Waals surface area contributed by atoms with Crippen LogP contribution in [-0.4, -0.2) is 28.2 Å². The average Bonchev–Trinajstić information content (AvgIpc) is 3.32. The van der Waals surface area contributed by atoms with Crippen LogP contribution in [0.3, 0.4) is 0 Å². The normalized spacial score (nSPS) is 18.1. The average molecular weight is 438 g/mol. The van der Waals surface area contributed by atoms with Gasteiger partial charge in [-0.15, -0.1) is 11.3 Å². The van der Waals surface area contributed by atoms with Crippen LogP contribution in [0.15, 0.2) is 29.3 Å². The van der Waals surface area contributed by atoms with E-state index in [0.717, 1.165) is 53.1 Å². The van der Waals surface area contributed by atoms with Gasteiger partial charge in [0.15, 0.2) is 0 Å². The van der Waals surface area contributed by atoms with Gasteiger partial charge in [0, 0.05) is 28.4 Å². The van der Waals surface area contributed by atoms with Gasteiger partial charge in [0.1, 0.15) is 15.7 Å². The third kappa shape index (κ3) is 3.54. The van der Waals surface area contributed by atoms with Crippen molar-refractivity contribution in [3.8, 4) is 0 Å². The van der Waals surface area contributed by atoms with E-state index in [4.69, 9.17) is 9.97 Å². The van der Waals surface area contributed by atoms with Crippen LogP contribution < -0.4 is 4.90 Å². The molecule has 1 amide bonds. The van der Waals surface area contributed by atoms with Gasteiger partial charge in [-0.05, 0) is 48.8 Å². The zero-order valence-electron chi connectivity index (χ0n) is 17.8. The van der Waals surface area contributed by atoms with E-state index in [1.54, 1.807) is 11.8 Å². The molecule has 4 nitrogen and oxygen atoms in total. The number of aromatic nitrogens is 2. The van der Waals surface area contributed by atoms with E-state index < -0.39 is 0 Å². The maximum Gasteiger partial charge on any atom is 0.237 e. The van der Waals surface area contributed by atoms with E-state index in [9.17, 15) is 4.79 Å². The zero-order valence-corrected chi connectivity index (χ0v) is 19.4. The van der Waals surface area contributed by atoms with E-state index in [2.05, 4.69) is 32.9 Å². The molecule has 1 aliphatic carbocycles. The van der Waals surface area contributed by atoms with Crippen LogP contribution >= 0.6 is 23.1 Å². The molecule has 0 bridgehead atoms. The number of thiophene rings is 1. The summed E-state index contributed by atoms with van der Waals surface area (Å²) in [4.78, 5) is 27.4. The van der Waals surface area contributed by atoms with Gasteiger partial charge >= 0.3 is 0 Å². The fourth-order valence-corrected chi connectivity index (χ4v) is 6.89. The van der Waals surface area contributed by atoms with E-state index >= 15 is 0 Å². The van der Waals surface area contributed by atoms with E-state index in [1.165, 1.54) is 27.8 Å². The molecule has 156 valence electrons. The Morgan fingerprint density at radius 2 is 2.10 bits per heavy atom. The van der Waals surface area contributed by atoms with Gasteiger partial charge < -0.3 is 4.90 Å². The van der Waals surface area contributed by atoms with Crippen molar-refractivity contribution in [3.05, 3.63) is 46.1 Å². The number of aryl methyl sites for hydroxylation is 1. The van der Waals surface area contributed by atoms with Gasteiger partial charge in [-0.3, -0.25) is 4.79 Å². The van der Waals surface area contributed by atoms with Crippen molar-refractivity contribution in [2.24, 2.45) is 5.92 Å². The third-order valence-electron chi connectivity index (χ3n) is 6.18. The molecule has 0 saturated carbocycles. The predicted molar refractivity (Wildman–Crippen MR) is 126 cm³/mol. The number of fused-ring (bicyclic) bond motifs is 4. The first kappa shape index (κ1) is 20.0. The van der Waals surface area contributed by atoms with Crippen LogP contribution in [0.2, 0.25) is 0 Å². The highest BCUT2D eigenvalue weighted by atomic mass is 32.2. The standard InChI is InChI=1S/C24H27N3OS2/c1-14(2)22-25-23(21-17-9-8-15(3)12-19(17)30-24(21)26-22)29-13-20(28)27-11-10-16-6-4-5-7-18(16)27/h4-7,14-15H,8-13H2,1-3H3/t15-/m0/s1. The molecule has 0 radical (unpaired) electrons. The van der Waals surface area contributed by atoms with Crippen molar-refractivity contribution in [3.63, 3.8) is 0 Å². The van der Waals surface area contributed by atoms with Crippen LogP contribution in [0.1, 0.15) is 54.9 Å². The molecule has 1 aliphatic heterocycles. The van der Waals surface area contributed by atoms with E-state index in [-0.39, 0.29) is 11.8 Å². The van der Waals surface area contributed by atoms with Crippen molar-refractivity contribution < 1.29 is 4.79 Å². The maximum atomic E-state index is 13.1. The number of para-hydroxylation sites is 1. The molecule has 0 spiro atoms. The number of rotatable bonds is 4. The highest BCUT2D eigenvalue weighted by molar-refractivity contribution is 8.00. The molecule has 0 fully saturated rings. The Morgan fingerprint density at radius 1 is 1.27 bits per heavy atom. The Kier molecular flexibility index (Phi) is 5.31. The fraction of sp³-hybridized carbons (Fsp3) is 0.458. The summed E-state index contributed by atoms with van der Waals surface area (Å²) in [6.07, 6.45) is 4.40. The molecule has 1 atom stereocenters. The second-order valence-corrected chi connectivity index (χ2v) is 10.8. The minimum absolute atomic E-state index is 0.167. The summed E-state index contributed by atoms with van der Waals surface area (Å²) in [5.74, 6) is 2.47. The van der Waals surface area contributed by atoms with Crippen LogP contribution in [0, 0.1) is 5.92 Å². The number of hydrogen-bond donors (Lipinski definition) is 0. The predicted octanol–water partition coefficient (Wildman–Crippen LogP) is 5.62. The lowest BCUT2D eigenvalue weighted by molar-refractivity contribution is -0.116. The second-order valence-electron chi connectivity index (χ2n) is 8.79. The summed E-state index contributed by atoms with van der Waals surface area (Å²) in [5.41, 5.74) is 3.77. The summed E-state index contributed by atoms with van der Waals surface area (Å²) in [6, 6.07) is 8.24. The molecular formula is C24H27N3OS2. The minimum Gasteiger partial charge on any atom is -0.311 e. The first-order chi connectivity index (χ1) is 14.5. The number of benzene rings is 1. The van der Waals surface area contributed by atoms with Crippen molar-refractivity contribution in [1.29, 1.82) is 0 Å². The largest absolute Gasteiger partial charge is 0.311 e. The van der Waals surface area contributed by atoms with Crippen LogP contribution in [0.5, 0.6) is 0 Å². The molecule has 0 N–H and O–H groups in total. The Labute approximate surface area is 186 Å². The topological polar surface area (TPSA) is 46.1 Å². The van der Waals surface area contributed by atoms with E-state index in [1.807, 2.05) is 28.4 Å². The van der Waals surface area contributed by atoms with Gasteiger partial charge in [0.05, 0.1) is 5.75 Å². The third-order valence-corrected chi connectivity index (χ3v) is 8.28. The second kappa shape index (κ2) is 7.97. The summed E-state index contributed by atoms with van der Waals surface area (Å²) >= 11 is 3.43. The molecule has 3 aromatic rings. The Bertz CT molecular complexity index is 1120. The number of nitrogens with zero attached hydrogens (tertiary/aromatic N) is 3. The molecule has 5 rings (SSSR count). The summed E-state index contributed by atoms with van der Waals surface area (Å²) in [5, 5.41) is 2.21. The lowest BCUT2D eigenvalue weighted by Crippen LogP contribution is -2.30. The van der Waals surface area contributed by atoms with Gasteiger partial charge in [-0.25, -0.2) is 9.97 Å². The number of thioether (sulfide) groups is 1. The van der Waals surface area contributed by atoms with Crippen molar-refractivity contribution in [2.75, 3.05) is 17.2 Å². The molecule has 6 heteroatoms. The number of carbonyl (C=O) groups is 1. The molecule has 30 heavy (non-hydrogen) atoms. The molecule has 1 aromatic carbocycles. The molecule has 0 unspecified atom stereocenters. The van der Waals surface area contributed by atoms with Gasteiger partial charge in [-0.1, -0.05) is 50.7 Å². The lowest BCUT2D eigenvalue weighted by Gasteiger charge is -2.19. The fourth-order valence-electron chi connectivity index (χ4n) is 4.49. The van der Waals surface area contributed by atoms with Crippen molar-refractivity contribution in [2.45, 2.75) is 57.4 Å². The highest BCUT2D eigenvalue weighted by Gasteiger charge is 2.27. The quantitative estimate of drug-likeness (QED) is 0.392. The van der Waals surface area contributed by atoms with Gasteiger partial charge in [0.25, 0.3) is 0 Å². The van der Waals surface area contributed by atoms with Gasteiger partial charge in [-0.2, -0.15) is 0 Å². The highest BCUT2D eigenvalue weighted by Crippen LogP contribution is 2.41. The number of hydrogen-bond acceptors (Lipinski definition) is 5. The number of carbonyl (C=O) groups excluding carboxylic acids is 1. The van der Waals surface area contributed by atoms with E-state index in [0.29, 0.717) is 5.75 Å². The SMILES string of the molecule is CC(C)c1nc(SCC(=O)N2CCc3ccccc32)c2c3c(sc2n1)C[C@@H](C)CC3. The van der Waals surface area contributed by atoms with Crippen LogP contribution in [0.25, 0.3) is 10.2 Å². The summed E-state index contributed by atoms with van der Waals surface area (Å²) in [7, 11) is 0. The molecule has 3 heterocycles. The molecule has 2 aromatic heterocycles. The van der Waals surface area contributed by atoms with Crippen molar-refractivity contribution >= 4 is 44.9 Å². The molecule has 0 saturated heterocycles. The summed E-state index contributed by atoms with van der Waals surface area (Å²) in [6.45, 7) is 7.39.